The molecule has 150 valence electrons. The third-order valence-electron chi connectivity index (χ3n) is 5.34. The van der Waals surface area contributed by atoms with Gasteiger partial charge in [-0.05, 0) is 63.7 Å². The normalized spacial score (nSPS) is 19.2. The highest BCUT2D eigenvalue weighted by atomic mass is 32.1. The quantitative estimate of drug-likeness (QED) is 0.590. The van der Waals surface area contributed by atoms with Gasteiger partial charge < -0.3 is 19.5 Å². The number of aryl methyl sites for hydroxylation is 1. The molecule has 0 amide bonds. The summed E-state index contributed by atoms with van der Waals surface area (Å²) in [5, 5.41) is 4.07. The lowest BCUT2D eigenvalue weighted by molar-refractivity contribution is -0.140. The number of pyridine rings is 1. The molecule has 7 heteroatoms. The first-order valence-corrected chi connectivity index (χ1v) is 9.99. The van der Waals surface area contributed by atoms with Crippen molar-refractivity contribution in [2.45, 2.75) is 52.2 Å². The smallest absolute Gasteiger partial charge is 0.307 e. The maximum absolute atomic E-state index is 11.8. The summed E-state index contributed by atoms with van der Waals surface area (Å²) < 4.78 is 7.17. The van der Waals surface area contributed by atoms with Crippen LogP contribution in [-0.4, -0.2) is 39.2 Å². The Kier molecular flexibility index (Phi) is 6.03. The Hall–Kier alpha value is -2.41. The van der Waals surface area contributed by atoms with Crippen LogP contribution in [0.2, 0.25) is 0 Å². The summed E-state index contributed by atoms with van der Waals surface area (Å²) in [6.07, 6.45) is 2.08. The summed E-state index contributed by atoms with van der Waals surface area (Å²) in [5.41, 5.74) is 4.57. The molecule has 1 aliphatic heterocycles. The van der Waals surface area contributed by atoms with Crippen LogP contribution in [0.4, 0.5) is 0 Å². The predicted molar refractivity (Wildman–Crippen MR) is 113 cm³/mol. The fourth-order valence-electron chi connectivity index (χ4n) is 4.20. The highest BCUT2D eigenvalue weighted by Crippen LogP contribution is 2.41. The monoisotopic (exact) mass is 400 g/mol. The zero-order valence-electron chi connectivity index (χ0n) is 17.1. The summed E-state index contributed by atoms with van der Waals surface area (Å²) in [5.74, 6) is -0.240. The molecule has 0 aromatic carbocycles. The van der Waals surface area contributed by atoms with E-state index in [-0.39, 0.29) is 24.5 Å². The molecule has 6 nitrogen and oxygen atoms in total. The Morgan fingerprint density at radius 2 is 2.11 bits per heavy atom. The number of hydrogen-bond acceptors (Lipinski definition) is 4. The van der Waals surface area contributed by atoms with Crippen LogP contribution >= 0.6 is 12.2 Å². The molecule has 0 spiro atoms. The van der Waals surface area contributed by atoms with Crippen molar-refractivity contribution >= 4 is 23.3 Å². The molecule has 0 saturated carbocycles. The molecule has 0 radical (unpaired) electrons. The summed E-state index contributed by atoms with van der Waals surface area (Å²) >= 11 is 5.65. The summed E-state index contributed by atoms with van der Waals surface area (Å²) in [6, 6.07) is 8.39. The van der Waals surface area contributed by atoms with Gasteiger partial charge in [0.15, 0.2) is 5.11 Å². The van der Waals surface area contributed by atoms with Gasteiger partial charge >= 0.3 is 5.97 Å². The number of ether oxygens (including phenoxy) is 1. The van der Waals surface area contributed by atoms with E-state index in [0.717, 1.165) is 5.69 Å². The van der Waals surface area contributed by atoms with E-state index < -0.39 is 0 Å². The highest BCUT2D eigenvalue weighted by Gasteiger charge is 2.41. The highest BCUT2D eigenvalue weighted by molar-refractivity contribution is 7.80. The number of thiocarbonyl (C=S) groups is 1. The van der Waals surface area contributed by atoms with Crippen LogP contribution in [0.5, 0.6) is 0 Å². The van der Waals surface area contributed by atoms with Crippen molar-refractivity contribution in [3.63, 3.8) is 0 Å². The van der Waals surface area contributed by atoms with Gasteiger partial charge in [-0.2, -0.15) is 0 Å². The first-order valence-electron chi connectivity index (χ1n) is 9.58. The zero-order valence-corrected chi connectivity index (χ0v) is 17.9. The molecular weight excluding hydrogens is 372 g/mol. The van der Waals surface area contributed by atoms with Crippen molar-refractivity contribution in [1.82, 2.24) is 19.8 Å². The fraction of sp³-hybridized carbons (Fsp3) is 0.476. The molecule has 1 N–H and O–H groups in total. The van der Waals surface area contributed by atoms with Crippen LogP contribution in [0.15, 0.2) is 30.5 Å². The van der Waals surface area contributed by atoms with Crippen molar-refractivity contribution in [1.29, 1.82) is 0 Å². The van der Waals surface area contributed by atoms with Crippen LogP contribution in [-0.2, 0) is 9.53 Å². The van der Waals surface area contributed by atoms with Crippen LogP contribution in [0.1, 0.15) is 61.0 Å². The van der Waals surface area contributed by atoms with Gasteiger partial charge in [0.1, 0.15) is 0 Å². The Bertz CT molecular complexity index is 863. The first-order chi connectivity index (χ1) is 13.3. The molecule has 2 atom stereocenters. The van der Waals surface area contributed by atoms with Crippen molar-refractivity contribution in [3.8, 4) is 0 Å². The second-order valence-electron chi connectivity index (χ2n) is 7.44. The van der Waals surface area contributed by atoms with Crippen LogP contribution in [0, 0.1) is 13.8 Å². The molecule has 1 fully saturated rings. The topological polar surface area (TPSA) is 59.4 Å². The third-order valence-corrected chi connectivity index (χ3v) is 5.69. The molecule has 0 aliphatic carbocycles. The number of nitrogens with one attached hydrogen (secondary N) is 1. The van der Waals surface area contributed by atoms with E-state index in [2.05, 4.69) is 53.5 Å². The lowest BCUT2D eigenvalue weighted by atomic mass is 9.96. The van der Waals surface area contributed by atoms with Gasteiger partial charge in [0.25, 0.3) is 0 Å². The molecule has 2 unspecified atom stereocenters. The number of rotatable bonds is 6. The minimum atomic E-state index is -0.240. The van der Waals surface area contributed by atoms with Gasteiger partial charge in [-0.25, -0.2) is 0 Å². The summed E-state index contributed by atoms with van der Waals surface area (Å²) in [4.78, 5) is 18.4. The fourth-order valence-corrected chi connectivity index (χ4v) is 4.53. The molecule has 28 heavy (non-hydrogen) atoms. The van der Waals surface area contributed by atoms with Crippen LogP contribution < -0.4 is 5.32 Å². The molecule has 3 heterocycles. The average Bonchev–Trinajstić information content (AvgIpc) is 3.15. The molecule has 1 aliphatic rings. The maximum atomic E-state index is 11.8. The standard InChI is InChI=1S/C21H28N4O2S/c1-13(2)25-14(3)12-16(15(25)4)20-19(17-8-6-7-10-22-17)23-21(28)24(20)11-9-18(26)27-5/h6-8,10,12-13,19-20H,9,11H2,1-5H3,(H,23,28). The molecular formula is C21H28N4O2S. The van der Waals surface area contributed by atoms with Crippen molar-refractivity contribution in [3.05, 3.63) is 53.1 Å². The maximum Gasteiger partial charge on any atom is 0.307 e. The minimum absolute atomic E-state index is 0.0363. The van der Waals surface area contributed by atoms with Crippen molar-refractivity contribution in [2.24, 2.45) is 0 Å². The Balaban J connectivity index is 2.05. The minimum Gasteiger partial charge on any atom is -0.469 e. The third kappa shape index (κ3) is 3.76. The summed E-state index contributed by atoms with van der Waals surface area (Å²) in [7, 11) is 1.41. The average molecular weight is 401 g/mol. The van der Waals surface area contributed by atoms with E-state index in [4.69, 9.17) is 17.0 Å². The number of carbonyl (C=O) groups is 1. The second-order valence-corrected chi connectivity index (χ2v) is 7.82. The Labute approximate surface area is 171 Å². The van der Waals surface area contributed by atoms with Gasteiger partial charge in [0, 0.05) is 30.2 Å². The van der Waals surface area contributed by atoms with E-state index >= 15 is 0 Å². The number of carbonyl (C=O) groups excluding carboxylic acids is 1. The lowest BCUT2D eigenvalue weighted by Gasteiger charge is -2.28. The molecule has 2 aromatic heterocycles. The second kappa shape index (κ2) is 8.31. The van der Waals surface area contributed by atoms with Crippen molar-refractivity contribution < 1.29 is 9.53 Å². The van der Waals surface area contributed by atoms with E-state index in [0.29, 0.717) is 17.7 Å². The largest absolute Gasteiger partial charge is 0.469 e. The number of hydrogen-bond donors (Lipinski definition) is 1. The molecule has 1 saturated heterocycles. The van der Waals surface area contributed by atoms with Gasteiger partial charge in [-0.15, -0.1) is 0 Å². The molecule has 3 rings (SSSR count). The number of nitrogens with zero attached hydrogens (tertiary/aromatic N) is 3. The number of esters is 1. The van der Waals surface area contributed by atoms with Crippen molar-refractivity contribution in [2.75, 3.05) is 13.7 Å². The Morgan fingerprint density at radius 1 is 1.36 bits per heavy atom. The van der Waals surface area contributed by atoms with Crippen LogP contribution in [0.25, 0.3) is 0 Å². The van der Waals surface area contributed by atoms with Crippen LogP contribution in [0.3, 0.4) is 0 Å². The predicted octanol–water partition coefficient (Wildman–Crippen LogP) is 3.62. The van der Waals surface area contributed by atoms with Gasteiger partial charge in [-0.3, -0.25) is 9.78 Å². The first kappa shape index (κ1) is 20.3. The lowest BCUT2D eigenvalue weighted by Crippen LogP contribution is -2.32. The van der Waals surface area contributed by atoms with E-state index in [1.807, 2.05) is 18.2 Å². The van der Waals surface area contributed by atoms with E-state index in [1.54, 1.807) is 6.20 Å². The Morgan fingerprint density at radius 3 is 2.68 bits per heavy atom. The van der Waals surface area contributed by atoms with Gasteiger partial charge in [-0.1, -0.05) is 6.07 Å². The SMILES string of the molecule is COC(=O)CCN1C(=S)NC(c2ccccn2)C1c1cc(C)n(C(C)C)c1C. The van der Waals surface area contributed by atoms with Gasteiger partial charge in [0.05, 0.1) is 31.3 Å². The van der Waals surface area contributed by atoms with Gasteiger partial charge in [0.2, 0.25) is 0 Å². The zero-order chi connectivity index (χ0) is 20.4. The van der Waals surface area contributed by atoms with E-state index in [1.165, 1.54) is 24.1 Å². The summed E-state index contributed by atoms with van der Waals surface area (Å²) in [6.45, 7) is 9.15. The molecule has 2 aromatic rings. The molecule has 0 bridgehead atoms. The van der Waals surface area contributed by atoms with E-state index in [9.17, 15) is 4.79 Å². The number of methoxy groups -OCH3 is 1. The number of aromatic nitrogens is 2.